The van der Waals surface area contributed by atoms with E-state index in [-0.39, 0.29) is 31.2 Å². The van der Waals surface area contributed by atoms with Crippen LogP contribution in [-0.2, 0) is 29.0 Å². The van der Waals surface area contributed by atoms with E-state index in [4.69, 9.17) is 9.72 Å². The number of rotatable bonds is 5. The Kier molecular flexibility index (Phi) is 7.24. The number of carbonyl (C=O) groups excluding carboxylic acids is 2. The number of aromatic nitrogens is 2. The van der Waals surface area contributed by atoms with Crippen LogP contribution in [0.25, 0.3) is 11.4 Å². The molecule has 2 aromatic carbocycles. The molecule has 0 saturated carbocycles. The van der Waals surface area contributed by atoms with Crippen molar-refractivity contribution in [3.8, 4) is 11.4 Å². The predicted octanol–water partition coefficient (Wildman–Crippen LogP) is 4.30. The van der Waals surface area contributed by atoms with Crippen LogP contribution in [0, 0.1) is 27.7 Å². The van der Waals surface area contributed by atoms with Crippen molar-refractivity contribution in [2.24, 2.45) is 0 Å². The molecule has 0 atom stereocenters. The normalized spacial score (nSPS) is 12.8. The molecule has 1 aliphatic heterocycles. The molecule has 36 heavy (non-hydrogen) atoms. The van der Waals surface area contributed by atoms with Gasteiger partial charge >= 0.3 is 6.09 Å². The molecule has 0 spiro atoms. The zero-order valence-corrected chi connectivity index (χ0v) is 21.5. The summed E-state index contributed by atoms with van der Waals surface area (Å²) in [4.78, 5) is 45.5. The highest BCUT2D eigenvalue weighted by Gasteiger charge is 2.27. The van der Waals surface area contributed by atoms with Gasteiger partial charge in [0.15, 0.2) is 0 Å². The lowest BCUT2D eigenvalue weighted by Gasteiger charge is -2.28. The van der Waals surface area contributed by atoms with Crippen LogP contribution >= 0.6 is 0 Å². The molecule has 0 bridgehead atoms. The van der Waals surface area contributed by atoms with E-state index in [1.165, 1.54) is 4.57 Å². The second-order valence-electron chi connectivity index (χ2n) is 9.31. The smallest absolute Gasteiger partial charge is 0.410 e. The number of hydrogen-bond donors (Lipinski definition) is 1. The number of amides is 2. The number of hydrogen-bond acceptors (Lipinski definition) is 5. The van der Waals surface area contributed by atoms with Crippen LogP contribution in [0.1, 0.15) is 40.4 Å². The van der Waals surface area contributed by atoms with Gasteiger partial charge in [-0.15, -0.1) is 0 Å². The molecule has 3 aromatic rings. The molecule has 0 saturated heterocycles. The van der Waals surface area contributed by atoms with Gasteiger partial charge in [-0.3, -0.25) is 14.2 Å². The molecular formula is C28H32N4O4. The first kappa shape index (κ1) is 25.2. The summed E-state index contributed by atoms with van der Waals surface area (Å²) in [6, 6.07) is 11.7. The first-order valence-corrected chi connectivity index (χ1v) is 12.2. The number of nitrogens with zero attached hydrogens (tertiary/aromatic N) is 3. The summed E-state index contributed by atoms with van der Waals surface area (Å²) in [6.07, 6.45) is -0.0689. The number of carbonyl (C=O) groups is 2. The molecule has 8 nitrogen and oxygen atoms in total. The van der Waals surface area contributed by atoms with Crippen molar-refractivity contribution in [1.29, 1.82) is 0 Å². The second kappa shape index (κ2) is 10.4. The quantitative estimate of drug-likeness (QED) is 0.578. The molecule has 2 heterocycles. The summed E-state index contributed by atoms with van der Waals surface area (Å²) in [7, 11) is 0. The Morgan fingerprint density at radius 2 is 1.69 bits per heavy atom. The van der Waals surface area contributed by atoms with E-state index >= 15 is 0 Å². The van der Waals surface area contributed by atoms with Gasteiger partial charge in [0, 0.05) is 23.4 Å². The van der Waals surface area contributed by atoms with Gasteiger partial charge in [0.2, 0.25) is 5.91 Å². The lowest BCUT2D eigenvalue weighted by molar-refractivity contribution is -0.116. The fraction of sp³-hybridized carbons (Fsp3) is 0.357. The van der Waals surface area contributed by atoms with Crippen LogP contribution in [0.4, 0.5) is 10.5 Å². The van der Waals surface area contributed by atoms with Crippen molar-refractivity contribution in [2.75, 3.05) is 18.5 Å². The summed E-state index contributed by atoms with van der Waals surface area (Å²) >= 11 is 0. The third-order valence-electron chi connectivity index (χ3n) is 6.40. The van der Waals surface area contributed by atoms with E-state index in [0.29, 0.717) is 30.0 Å². The molecule has 4 rings (SSSR count). The molecule has 188 valence electrons. The summed E-state index contributed by atoms with van der Waals surface area (Å²) in [6.45, 7) is 10.3. The fourth-order valence-electron chi connectivity index (χ4n) is 4.67. The van der Waals surface area contributed by atoms with Crippen LogP contribution in [0.3, 0.4) is 0 Å². The predicted molar refractivity (Wildman–Crippen MR) is 139 cm³/mol. The largest absolute Gasteiger partial charge is 0.450 e. The highest BCUT2D eigenvalue weighted by molar-refractivity contribution is 5.92. The number of nitrogens with one attached hydrogen (secondary N) is 1. The van der Waals surface area contributed by atoms with Gasteiger partial charge in [0.25, 0.3) is 5.56 Å². The Morgan fingerprint density at radius 1 is 1.03 bits per heavy atom. The minimum absolute atomic E-state index is 0.170. The maximum Gasteiger partial charge on any atom is 0.410 e. The van der Waals surface area contributed by atoms with Crippen molar-refractivity contribution in [1.82, 2.24) is 14.5 Å². The van der Waals surface area contributed by atoms with E-state index in [2.05, 4.69) is 5.32 Å². The van der Waals surface area contributed by atoms with Gasteiger partial charge in [-0.2, -0.15) is 0 Å². The molecule has 1 aliphatic rings. The summed E-state index contributed by atoms with van der Waals surface area (Å²) in [5.41, 5.74) is 6.42. The summed E-state index contributed by atoms with van der Waals surface area (Å²) < 4.78 is 6.58. The van der Waals surface area contributed by atoms with Gasteiger partial charge in [-0.05, 0) is 52.2 Å². The van der Waals surface area contributed by atoms with Crippen molar-refractivity contribution in [2.45, 2.75) is 54.1 Å². The third kappa shape index (κ3) is 5.17. The van der Waals surface area contributed by atoms with Crippen LogP contribution in [0.2, 0.25) is 0 Å². The van der Waals surface area contributed by atoms with Crippen molar-refractivity contribution in [3.05, 3.63) is 80.3 Å². The highest BCUT2D eigenvalue weighted by Crippen LogP contribution is 2.24. The molecule has 2 amide bonds. The first-order chi connectivity index (χ1) is 17.2. The van der Waals surface area contributed by atoms with Gasteiger partial charge in [0.05, 0.1) is 18.8 Å². The zero-order chi connectivity index (χ0) is 26.0. The van der Waals surface area contributed by atoms with Crippen molar-refractivity contribution in [3.63, 3.8) is 0 Å². The monoisotopic (exact) mass is 488 g/mol. The Balaban J connectivity index is 1.73. The van der Waals surface area contributed by atoms with Gasteiger partial charge in [-0.25, -0.2) is 9.78 Å². The van der Waals surface area contributed by atoms with Crippen molar-refractivity contribution < 1.29 is 14.3 Å². The zero-order valence-electron chi connectivity index (χ0n) is 21.5. The number of fused-ring (bicyclic) bond motifs is 1. The summed E-state index contributed by atoms with van der Waals surface area (Å²) in [5, 5.41) is 2.99. The molecular weight excluding hydrogens is 456 g/mol. The highest BCUT2D eigenvalue weighted by atomic mass is 16.6. The number of benzene rings is 2. The molecule has 0 radical (unpaired) electrons. The Morgan fingerprint density at radius 3 is 2.33 bits per heavy atom. The van der Waals surface area contributed by atoms with Gasteiger partial charge in [0.1, 0.15) is 12.4 Å². The molecule has 1 aromatic heterocycles. The minimum Gasteiger partial charge on any atom is -0.450 e. The average Bonchev–Trinajstić information content (AvgIpc) is 2.83. The van der Waals surface area contributed by atoms with E-state index in [1.807, 2.05) is 64.1 Å². The van der Waals surface area contributed by atoms with Gasteiger partial charge < -0.3 is 15.0 Å². The third-order valence-corrected chi connectivity index (χ3v) is 6.40. The van der Waals surface area contributed by atoms with Crippen LogP contribution in [0.5, 0.6) is 0 Å². The Hall–Kier alpha value is -3.94. The number of aryl methyl sites for hydroxylation is 4. The van der Waals surface area contributed by atoms with Crippen LogP contribution in [-0.4, -0.2) is 39.6 Å². The van der Waals surface area contributed by atoms with Crippen LogP contribution < -0.4 is 10.9 Å². The first-order valence-electron chi connectivity index (χ1n) is 12.2. The van der Waals surface area contributed by atoms with Crippen LogP contribution in [0.15, 0.2) is 41.2 Å². The van der Waals surface area contributed by atoms with E-state index in [0.717, 1.165) is 33.5 Å². The number of anilines is 1. The second-order valence-corrected chi connectivity index (χ2v) is 9.31. The summed E-state index contributed by atoms with van der Waals surface area (Å²) in [5.74, 6) is 0.100. The molecule has 0 unspecified atom stereocenters. The molecule has 0 aliphatic carbocycles. The standard InChI is InChI=1S/C28H32N4O4/c1-6-36-28(35)31-12-11-22-23(15-31)29-26(21-9-7-17(2)8-10-21)32(27(22)34)16-24(33)30-25-19(4)13-18(3)14-20(25)5/h7-10,13-14H,6,11-12,15-16H2,1-5H3,(H,30,33). The SMILES string of the molecule is CCOC(=O)N1CCc2c(nc(-c3ccc(C)cc3)n(CC(=O)Nc3c(C)cc(C)cc3C)c2=O)C1. The van der Waals surface area contributed by atoms with E-state index in [9.17, 15) is 14.4 Å². The Labute approximate surface area is 210 Å². The number of ether oxygens (including phenoxy) is 1. The van der Waals surface area contributed by atoms with Gasteiger partial charge in [-0.1, -0.05) is 47.5 Å². The Bertz CT molecular complexity index is 1350. The van der Waals surface area contributed by atoms with E-state index in [1.54, 1.807) is 11.8 Å². The van der Waals surface area contributed by atoms with E-state index < -0.39 is 6.09 Å². The lowest BCUT2D eigenvalue weighted by Crippen LogP contribution is -2.42. The fourth-order valence-corrected chi connectivity index (χ4v) is 4.67. The molecule has 1 N–H and O–H groups in total. The molecule has 0 fully saturated rings. The topological polar surface area (TPSA) is 93.5 Å². The average molecular weight is 489 g/mol. The molecule has 8 heteroatoms. The maximum absolute atomic E-state index is 13.7. The minimum atomic E-state index is -0.422. The van der Waals surface area contributed by atoms with Crippen molar-refractivity contribution >= 4 is 17.7 Å². The lowest BCUT2D eigenvalue weighted by atomic mass is 10.0. The maximum atomic E-state index is 13.7.